The Bertz CT molecular complexity index is 1480. The first-order valence-electron chi connectivity index (χ1n) is 20.9. The lowest BCUT2D eigenvalue weighted by atomic mass is 9.95. The van der Waals surface area contributed by atoms with Crippen molar-refractivity contribution in [2.45, 2.75) is 178 Å². The molecule has 29 atom stereocenters. The van der Waals surface area contributed by atoms with Gasteiger partial charge in [-0.25, -0.2) is 0 Å². The second-order valence-corrected chi connectivity index (χ2v) is 16.4. The van der Waals surface area contributed by atoms with E-state index in [-0.39, 0.29) is 6.29 Å². The Balaban J connectivity index is 1.22. The van der Waals surface area contributed by atoms with Crippen LogP contribution in [-0.2, 0) is 52.2 Å². The molecule has 392 valence electrons. The van der Waals surface area contributed by atoms with Gasteiger partial charge in [0.2, 0.25) is 0 Å². The van der Waals surface area contributed by atoms with Crippen molar-refractivity contribution in [2.75, 3.05) is 39.6 Å². The van der Waals surface area contributed by atoms with E-state index in [1.54, 1.807) is 0 Å². The Morgan fingerprint density at radius 3 is 0.970 bits per heavy atom. The van der Waals surface area contributed by atoms with E-state index in [0.717, 1.165) is 0 Å². The number of hydrogen-bond acceptors (Lipinski definition) is 31. The van der Waals surface area contributed by atoms with Gasteiger partial charge in [0, 0.05) is 0 Å². The van der Waals surface area contributed by atoms with Crippen LogP contribution in [0, 0.1) is 0 Å². The highest BCUT2D eigenvalue weighted by molar-refractivity contribution is 5.56. The number of aliphatic hydroxyl groups is 20. The number of rotatable bonds is 20. The van der Waals surface area contributed by atoms with E-state index in [4.69, 9.17) is 47.4 Å². The maximum atomic E-state index is 11.2. The van der Waals surface area contributed by atoms with Gasteiger partial charge in [-0.2, -0.15) is 0 Å². The number of aliphatic hydroxyl groups excluding tert-OH is 20. The zero-order valence-corrected chi connectivity index (χ0v) is 35.0. The van der Waals surface area contributed by atoms with Crippen LogP contribution in [0.25, 0.3) is 0 Å². The summed E-state index contributed by atoms with van der Waals surface area (Å²) in [5.41, 5.74) is 0. The molecule has 0 amide bonds. The number of carbonyl (C=O) groups excluding carboxylic acids is 1. The average molecular weight is 991 g/mol. The molecule has 5 saturated heterocycles. The van der Waals surface area contributed by atoms with Gasteiger partial charge in [0.05, 0.1) is 39.6 Å². The molecule has 0 bridgehead atoms. The number of aldehydes is 1. The van der Waals surface area contributed by atoms with Crippen LogP contribution in [0.4, 0.5) is 0 Å². The van der Waals surface area contributed by atoms with Gasteiger partial charge in [0.1, 0.15) is 146 Å². The van der Waals surface area contributed by atoms with Crippen LogP contribution in [0.1, 0.15) is 0 Å². The van der Waals surface area contributed by atoms with Crippen LogP contribution in [0.2, 0.25) is 0 Å². The van der Waals surface area contributed by atoms with E-state index in [2.05, 4.69) is 0 Å². The molecule has 0 aromatic heterocycles. The SMILES string of the molecule is O=C[C@@H](O)[C@@H](O)[C@H](O[C@@H]1O[C@H](CO)[C@@H](O[C@@H]2O[C@H](CO)[C@@H](O[C@@H]3O[C@H](CO)[C@@H](O[C@@H]4O[C@H](CO)[C@@H](O[C@@H]5O[C@H](CO)[C@@H](O)[C@H](O)[C@@H]5O)[C@H](O)[C@@H]4O)[C@H](O)[C@@H]3O)[C@H](O)[C@@H]2O)[C@H](O)[C@@H]1O)[C@H](O)CO. The predicted octanol–water partition coefficient (Wildman–Crippen LogP) is -14.3. The molecule has 31 heteroatoms. The first kappa shape index (κ1) is 56.4. The maximum absolute atomic E-state index is 11.2. The van der Waals surface area contributed by atoms with Crippen molar-refractivity contribution in [2.24, 2.45) is 0 Å². The molecule has 0 aromatic carbocycles. The lowest BCUT2D eigenvalue weighted by Gasteiger charge is -2.49. The summed E-state index contributed by atoms with van der Waals surface area (Å²) in [6.07, 6.45) is -56.8. The van der Waals surface area contributed by atoms with Crippen LogP contribution in [0.15, 0.2) is 0 Å². The molecule has 5 aliphatic rings. The number of hydrogen-bond donors (Lipinski definition) is 20. The van der Waals surface area contributed by atoms with Crippen LogP contribution >= 0.6 is 0 Å². The van der Waals surface area contributed by atoms with Crippen LogP contribution in [-0.4, -0.2) is 326 Å². The van der Waals surface area contributed by atoms with E-state index in [1.165, 1.54) is 0 Å². The van der Waals surface area contributed by atoms with Gasteiger partial charge in [-0.15, -0.1) is 0 Å². The number of ether oxygens (including phenoxy) is 10. The molecule has 67 heavy (non-hydrogen) atoms. The molecule has 0 spiro atoms. The summed E-state index contributed by atoms with van der Waals surface area (Å²) in [7, 11) is 0. The molecule has 5 heterocycles. The van der Waals surface area contributed by atoms with Crippen molar-refractivity contribution in [3.05, 3.63) is 0 Å². The lowest BCUT2D eigenvalue weighted by Crippen LogP contribution is -2.68. The molecule has 0 unspecified atom stereocenters. The second kappa shape index (κ2) is 24.7. The average Bonchev–Trinajstić information content (AvgIpc) is 3.33. The molecular weight excluding hydrogens is 928 g/mol. The second-order valence-electron chi connectivity index (χ2n) is 16.4. The Morgan fingerprint density at radius 2 is 0.672 bits per heavy atom. The van der Waals surface area contributed by atoms with Gasteiger partial charge < -0.3 is 154 Å². The zero-order chi connectivity index (χ0) is 49.8. The van der Waals surface area contributed by atoms with Crippen molar-refractivity contribution in [3.63, 3.8) is 0 Å². The Labute approximate surface area is 378 Å². The van der Waals surface area contributed by atoms with E-state index >= 15 is 0 Å². The van der Waals surface area contributed by atoms with E-state index < -0.39 is 218 Å². The van der Waals surface area contributed by atoms with E-state index in [9.17, 15) is 107 Å². The largest absolute Gasteiger partial charge is 0.394 e. The Kier molecular flexibility index (Phi) is 20.8. The first-order valence-corrected chi connectivity index (χ1v) is 20.9. The fourth-order valence-electron chi connectivity index (χ4n) is 8.06. The molecule has 5 rings (SSSR count). The highest BCUT2D eigenvalue weighted by Gasteiger charge is 2.57. The quantitative estimate of drug-likeness (QED) is 0.0504. The summed E-state index contributed by atoms with van der Waals surface area (Å²) in [4.78, 5) is 11.0. The highest BCUT2D eigenvalue weighted by Crippen LogP contribution is 2.36. The zero-order valence-electron chi connectivity index (χ0n) is 35.0. The van der Waals surface area contributed by atoms with E-state index in [0.29, 0.717) is 0 Å². The van der Waals surface area contributed by atoms with Crippen molar-refractivity contribution in [3.8, 4) is 0 Å². The molecule has 0 aromatic rings. The standard InChI is InChI=1S/C36H62O31/c37-1-8(44)15(46)27(9(45)2-38)63-33-23(54)18(49)29(11(4-40)59-33)65-35-25(56)20(51)31(13(6-42)61-35)67-36-26(57)21(52)30(14(7-43)62-36)66-34-24(55)19(50)28(12(5-41)60-34)64-32-22(53)17(48)16(47)10(3-39)58-32/h1,8-36,38-57H,2-7H2/t8-,9-,10-,11-,12-,13-,14-,15-,16-,17+,18-,19-,20-,21-,22+,23+,24+,25+,26+,27-,28-,29-,30-,31-,32+,33+,34+,35+,36+/m1/s1. The smallest absolute Gasteiger partial charge is 0.187 e. The molecule has 5 aliphatic heterocycles. The molecule has 31 nitrogen and oxygen atoms in total. The highest BCUT2D eigenvalue weighted by atomic mass is 16.8. The summed E-state index contributed by atoms with van der Waals surface area (Å²) in [5.74, 6) is 0. The fourth-order valence-corrected chi connectivity index (χ4v) is 8.06. The summed E-state index contributed by atoms with van der Waals surface area (Å²) in [6.45, 7) is -6.01. The molecule has 5 fully saturated rings. The van der Waals surface area contributed by atoms with Gasteiger partial charge in [-0.05, 0) is 0 Å². The fraction of sp³-hybridized carbons (Fsp3) is 0.972. The minimum absolute atomic E-state index is 0.124. The Morgan fingerprint density at radius 1 is 0.388 bits per heavy atom. The van der Waals surface area contributed by atoms with Gasteiger partial charge >= 0.3 is 0 Å². The van der Waals surface area contributed by atoms with Crippen molar-refractivity contribution in [1.29, 1.82) is 0 Å². The van der Waals surface area contributed by atoms with Gasteiger partial charge in [-0.3, -0.25) is 0 Å². The lowest BCUT2D eigenvalue weighted by molar-refractivity contribution is -0.394. The Hall–Kier alpha value is -1.53. The topological polar surface area (TPSA) is 514 Å². The molecule has 0 saturated carbocycles. The summed E-state index contributed by atoms with van der Waals surface area (Å²) >= 11 is 0. The molecule has 20 N–H and O–H groups in total. The summed E-state index contributed by atoms with van der Waals surface area (Å²) < 4.78 is 55.0. The van der Waals surface area contributed by atoms with Gasteiger partial charge in [0.25, 0.3) is 0 Å². The summed E-state index contributed by atoms with van der Waals surface area (Å²) in [5, 5.41) is 208. The van der Waals surface area contributed by atoms with Crippen LogP contribution in [0.5, 0.6) is 0 Å². The molecular formula is C36H62O31. The third-order valence-electron chi connectivity index (χ3n) is 12.0. The van der Waals surface area contributed by atoms with Gasteiger partial charge in [-0.1, -0.05) is 0 Å². The molecule has 0 radical (unpaired) electrons. The maximum Gasteiger partial charge on any atom is 0.187 e. The summed E-state index contributed by atoms with van der Waals surface area (Å²) in [6, 6.07) is 0. The third kappa shape index (κ3) is 12.1. The van der Waals surface area contributed by atoms with Gasteiger partial charge in [0.15, 0.2) is 37.7 Å². The van der Waals surface area contributed by atoms with Crippen LogP contribution in [0.3, 0.4) is 0 Å². The van der Waals surface area contributed by atoms with E-state index in [1.807, 2.05) is 0 Å². The van der Waals surface area contributed by atoms with Crippen molar-refractivity contribution >= 4 is 6.29 Å². The monoisotopic (exact) mass is 990 g/mol. The molecule has 0 aliphatic carbocycles. The predicted molar refractivity (Wildman–Crippen MR) is 200 cm³/mol. The third-order valence-corrected chi connectivity index (χ3v) is 12.0. The number of carbonyl (C=O) groups is 1. The minimum Gasteiger partial charge on any atom is -0.394 e. The van der Waals surface area contributed by atoms with Crippen molar-refractivity contribution in [1.82, 2.24) is 0 Å². The minimum atomic E-state index is -2.20. The first-order chi connectivity index (χ1) is 31.7. The van der Waals surface area contributed by atoms with Crippen LogP contribution < -0.4 is 0 Å². The van der Waals surface area contributed by atoms with Crippen molar-refractivity contribution < 1.29 is 154 Å². The normalized spacial score (nSPS) is 48.3.